The van der Waals surface area contributed by atoms with E-state index in [1.165, 1.54) is 6.20 Å². The SMILES string of the molecule is CCOc1ccc(C(=O)NCC(C)(O)c2ccc(C)o2)cn1. The maximum Gasteiger partial charge on any atom is 0.252 e. The summed E-state index contributed by atoms with van der Waals surface area (Å²) in [7, 11) is 0. The van der Waals surface area contributed by atoms with Gasteiger partial charge in [-0.1, -0.05) is 0 Å². The van der Waals surface area contributed by atoms with Gasteiger partial charge in [0.25, 0.3) is 5.91 Å². The van der Waals surface area contributed by atoms with Crippen molar-refractivity contribution in [3.8, 4) is 5.88 Å². The van der Waals surface area contributed by atoms with Crippen molar-refractivity contribution in [2.75, 3.05) is 13.2 Å². The van der Waals surface area contributed by atoms with Gasteiger partial charge in [0.15, 0.2) is 0 Å². The van der Waals surface area contributed by atoms with E-state index in [0.717, 1.165) is 0 Å². The second-order valence-electron chi connectivity index (χ2n) is 5.18. The van der Waals surface area contributed by atoms with Crippen molar-refractivity contribution < 1.29 is 19.1 Å². The van der Waals surface area contributed by atoms with Gasteiger partial charge in [0.2, 0.25) is 5.88 Å². The van der Waals surface area contributed by atoms with Crippen LogP contribution >= 0.6 is 0 Å². The van der Waals surface area contributed by atoms with Crippen LogP contribution < -0.4 is 10.1 Å². The number of carbonyl (C=O) groups is 1. The fourth-order valence-electron chi connectivity index (χ4n) is 1.91. The van der Waals surface area contributed by atoms with Gasteiger partial charge in [-0.2, -0.15) is 0 Å². The number of nitrogens with zero attached hydrogens (tertiary/aromatic N) is 1. The lowest BCUT2D eigenvalue weighted by Crippen LogP contribution is -2.38. The number of hydrogen-bond donors (Lipinski definition) is 2. The molecule has 118 valence electrons. The first-order chi connectivity index (χ1) is 10.4. The van der Waals surface area contributed by atoms with Crippen LogP contribution in [-0.2, 0) is 5.60 Å². The van der Waals surface area contributed by atoms with Gasteiger partial charge in [-0.3, -0.25) is 4.79 Å². The summed E-state index contributed by atoms with van der Waals surface area (Å²) in [5.74, 6) is 1.27. The van der Waals surface area contributed by atoms with Crippen LogP contribution in [0, 0.1) is 6.92 Å². The molecule has 1 amide bonds. The van der Waals surface area contributed by atoms with Gasteiger partial charge in [0, 0.05) is 12.3 Å². The third kappa shape index (κ3) is 3.85. The first-order valence-electron chi connectivity index (χ1n) is 7.08. The zero-order valence-electron chi connectivity index (χ0n) is 12.9. The van der Waals surface area contributed by atoms with Crippen molar-refractivity contribution >= 4 is 5.91 Å². The van der Waals surface area contributed by atoms with E-state index in [4.69, 9.17) is 9.15 Å². The standard InChI is InChI=1S/C16H20N2O4/c1-4-21-14-8-6-12(9-17-14)15(19)18-10-16(3,20)13-7-5-11(2)22-13/h5-9,20H,4,10H2,1-3H3,(H,18,19). The zero-order chi connectivity index (χ0) is 16.2. The number of amides is 1. The Labute approximate surface area is 129 Å². The minimum Gasteiger partial charge on any atom is -0.478 e. The molecule has 0 spiro atoms. The fraction of sp³-hybridized carbons (Fsp3) is 0.375. The Kier molecular flexibility index (Phi) is 4.82. The number of aliphatic hydroxyl groups is 1. The molecule has 0 saturated heterocycles. The van der Waals surface area contributed by atoms with Gasteiger partial charge in [0.05, 0.1) is 18.7 Å². The van der Waals surface area contributed by atoms with Crippen molar-refractivity contribution in [3.05, 3.63) is 47.5 Å². The molecule has 6 nitrogen and oxygen atoms in total. The summed E-state index contributed by atoms with van der Waals surface area (Å²) in [6.07, 6.45) is 1.44. The molecule has 1 unspecified atom stereocenters. The number of pyridine rings is 1. The van der Waals surface area contributed by atoms with E-state index in [2.05, 4.69) is 10.3 Å². The second-order valence-corrected chi connectivity index (χ2v) is 5.18. The maximum atomic E-state index is 12.1. The number of nitrogens with one attached hydrogen (secondary N) is 1. The molecule has 1 atom stereocenters. The monoisotopic (exact) mass is 304 g/mol. The molecular formula is C16H20N2O4. The molecule has 0 radical (unpaired) electrons. The Balaban J connectivity index is 1.97. The summed E-state index contributed by atoms with van der Waals surface area (Å²) in [5.41, 5.74) is -0.877. The number of hydrogen-bond acceptors (Lipinski definition) is 5. The average molecular weight is 304 g/mol. The van der Waals surface area contributed by atoms with E-state index < -0.39 is 5.60 Å². The fourth-order valence-corrected chi connectivity index (χ4v) is 1.91. The lowest BCUT2D eigenvalue weighted by molar-refractivity contribution is 0.0323. The molecule has 0 aliphatic carbocycles. The van der Waals surface area contributed by atoms with E-state index in [1.54, 1.807) is 38.1 Å². The second kappa shape index (κ2) is 6.62. The van der Waals surface area contributed by atoms with Crippen molar-refractivity contribution in [1.29, 1.82) is 0 Å². The van der Waals surface area contributed by atoms with Crippen LogP contribution in [0.3, 0.4) is 0 Å². The lowest BCUT2D eigenvalue weighted by atomic mass is 10.0. The van der Waals surface area contributed by atoms with Crippen LogP contribution in [0.25, 0.3) is 0 Å². The Morgan fingerprint density at radius 2 is 2.18 bits per heavy atom. The van der Waals surface area contributed by atoms with Crippen LogP contribution in [0.15, 0.2) is 34.9 Å². The van der Waals surface area contributed by atoms with Crippen molar-refractivity contribution in [3.63, 3.8) is 0 Å². The molecule has 2 N–H and O–H groups in total. The first-order valence-corrected chi connectivity index (χ1v) is 7.08. The van der Waals surface area contributed by atoms with Crippen molar-refractivity contribution in [1.82, 2.24) is 10.3 Å². The van der Waals surface area contributed by atoms with E-state index >= 15 is 0 Å². The predicted molar refractivity (Wildman–Crippen MR) is 80.8 cm³/mol. The molecule has 0 bridgehead atoms. The van der Waals surface area contributed by atoms with Crippen LogP contribution in [0.1, 0.15) is 35.7 Å². The zero-order valence-corrected chi connectivity index (χ0v) is 12.9. The van der Waals surface area contributed by atoms with E-state index in [0.29, 0.717) is 29.6 Å². The summed E-state index contributed by atoms with van der Waals surface area (Å²) in [6.45, 7) is 5.79. The van der Waals surface area contributed by atoms with Crippen LogP contribution in [0.5, 0.6) is 5.88 Å². The third-order valence-corrected chi connectivity index (χ3v) is 3.16. The number of furan rings is 1. The first kappa shape index (κ1) is 16.0. The normalized spacial score (nSPS) is 13.5. The van der Waals surface area contributed by atoms with E-state index in [9.17, 15) is 9.90 Å². The average Bonchev–Trinajstić information content (AvgIpc) is 2.93. The maximum absolute atomic E-state index is 12.1. The van der Waals surface area contributed by atoms with Gasteiger partial charge in [-0.05, 0) is 39.0 Å². The largest absolute Gasteiger partial charge is 0.478 e. The molecular weight excluding hydrogens is 284 g/mol. The quantitative estimate of drug-likeness (QED) is 0.853. The van der Waals surface area contributed by atoms with Gasteiger partial charge < -0.3 is 19.6 Å². The molecule has 22 heavy (non-hydrogen) atoms. The highest BCUT2D eigenvalue weighted by atomic mass is 16.5. The minimum atomic E-state index is -1.28. The summed E-state index contributed by atoms with van der Waals surface area (Å²) >= 11 is 0. The molecule has 6 heteroatoms. The third-order valence-electron chi connectivity index (χ3n) is 3.16. The van der Waals surface area contributed by atoms with Crippen molar-refractivity contribution in [2.24, 2.45) is 0 Å². The summed E-state index contributed by atoms with van der Waals surface area (Å²) in [4.78, 5) is 16.1. The van der Waals surface area contributed by atoms with Gasteiger partial charge in [-0.15, -0.1) is 0 Å². The molecule has 2 aromatic heterocycles. The molecule has 2 aromatic rings. The Bertz CT molecular complexity index is 632. The summed E-state index contributed by atoms with van der Waals surface area (Å²) < 4.78 is 10.6. The van der Waals surface area contributed by atoms with Gasteiger partial charge >= 0.3 is 0 Å². The Morgan fingerprint density at radius 1 is 1.41 bits per heavy atom. The smallest absolute Gasteiger partial charge is 0.252 e. The van der Waals surface area contributed by atoms with E-state index in [1.807, 2.05) is 6.92 Å². The molecule has 0 aromatic carbocycles. The highest BCUT2D eigenvalue weighted by Gasteiger charge is 2.27. The topological polar surface area (TPSA) is 84.6 Å². The molecule has 0 fully saturated rings. The lowest BCUT2D eigenvalue weighted by Gasteiger charge is -2.21. The van der Waals surface area contributed by atoms with Crippen LogP contribution in [0.4, 0.5) is 0 Å². The Hall–Kier alpha value is -2.34. The summed E-state index contributed by atoms with van der Waals surface area (Å²) in [5, 5.41) is 13.0. The number of aryl methyl sites for hydroxylation is 1. The molecule has 0 aliphatic rings. The molecule has 2 heterocycles. The van der Waals surface area contributed by atoms with E-state index in [-0.39, 0.29) is 12.5 Å². The Morgan fingerprint density at radius 3 is 2.73 bits per heavy atom. The predicted octanol–water partition coefficient (Wildman–Crippen LogP) is 2.02. The summed E-state index contributed by atoms with van der Waals surface area (Å²) in [6, 6.07) is 6.72. The van der Waals surface area contributed by atoms with Crippen LogP contribution in [-0.4, -0.2) is 29.1 Å². The number of aromatic nitrogens is 1. The van der Waals surface area contributed by atoms with Gasteiger partial charge in [0.1, 0.15) is 17.1 Å². The number of rotatable bonds is 6. The number of ether oxygens (including phenoxy) is 1. The van der Waals surface area contributed by atoms with Gasteiger partial charge in [-0.25, -0.2) is 4.98 Å². The highest BCUT2D eigenvalue weighted by Crippen LogP contribution is 2.22. The molecule has 0 aliphatic heterocycles. The molecule has 0 saturated carbocycles. The van der Waals surface area contributed by atoms with Crippen LogP contribution in [0.2, 0.25) is 0 Å². The highest BCUT2D eigenvalue weighted by molar-refractivity contribution is 5.93. The number of carbonyl (C=O) groups excluding carboxylic acids is 1. The molecule has 2 rings (SSSR count). The van der Waals surface area contributed by atoms with Crippen molar-refractivity contribution in [2.45, 2.75) is 26.4 Å². The minimum absolute atomic E-state index is 0.0337.